The molecule has 3 nitrogen and oxygen atoms in total. The van der Waals surface area contributed by atoms with Crippen molar-refractivity contribution in [2.75, 3.05) is 17.3 Å². The van der Waals surface area contributed by atoms with Crippen LogP contribution in [0.15, 0.2) is 18.2 Å². The standard InChI is InChI=1S/C14H18BrNO2/c15-7-1-2-8-18-13-6-4-11-3-5-12(10-17)16-14(11)9-13/h4,6,9-10,12,16H,1-3,5,7-8H2. The first-order valence-corrected chi connectivity index (χ1v) is 7.49. The van der Waals surface area contributed by atoms with Gasteiger partial charge in [-0.05, 0) is 37.3 Å². The fourth-order valence-electron chi connectivity index (χ4n) is 2.07. The maximum atomic E-state index is 10.8. The third-order valence-corrected chi connectivity index (χ3v) is 3.67. The van der Waals surface area contributed by atoms with Crippen LogP contribution in [0, 0.1) is 0 Å². The predicted octanol–water partition coefficient (Wildman–Crippen LogP) is 3.17. The SMILES string of the molecule is O=CC1CCc2ccc(OCCCCBr)cc2N1. The molecule has 4 heteroatoms. The van der Waals surface area contributed by atoms with Crippen molar-refractivity contribution in [2.45, 2.75) is 31.7 Å². The highest BCUT2D eigenvalue weighted by molar-refractivity contribution is 9.09. The van der Waals surface area contributed by atoms with Crippen LogP contribution in [0.3, 0.4) is 0 Å². The molecule has 1 aromatic rings. The molecule has 1 heterocycles. The minimum absolute atomic E-state index is 0.0545. The van der Waals surface area contributed by atoms with Gasteiger partial charge in [-0.1, -0.05) is 22.0 Å². The Hall–Kier alpha value is -1.03. The van der Waals surface area contributed by atoms with Crippen LogP contribution in [-0.4, -0.2) is 24.3 Å². The number of carbonyl (C=O) groups excluding carboxylic acids is 1. The molecule has 1 atom stereocenters. The van der Waals surface area contributed by atoms with Crippen molar-refractivity contribution in [2.24, 2.45) is 0 Å². The summed E-state index contributed by atoms with van der Waals surface area (Å²) in [6.45, 7) is 0.738. The zero-order valence-electron chi connectivity index (χ0n) is 10.3. The summed E-state index contributed by atoms with van der Waals surface area (Å²) in [4.78, 5) is 10.8. The number of nitrogens with one attached hydrogen (secondary N) is 1. The predicted molar refractivity (Wildman–Crippen MR) is 76.8 cm³/mol. The highest BCUT2D eigenvalue weighted by Gasteiger charge is 2.17. The van der Waals surface area contributed by atoms with Crippen LogP contribution in [0.25, 0.3) is 0 Å². The van der Waals surface area contributed by atoms with Gasteiger partial charge in [-0.3, -0.25) is 0 Å². The van der Waals surface area contributed by atoms with Crippen molar-refractivity contribution in [1.82, 2.24) is 0 Å². The third kappa shape index (κ3) is 3.48. The van der Waals surface area contributed by atoms with E-state index in [9.17, 15) is 4.79 Å². The van der Waals surface area contributed by atoms with Gasteiger partial charge < -0.3 is 14.8 Å². The molecule has 1 aromatic carbocycles. The maximum absolute atomic E-state index is 10.8. The number of anilines is 1. The van der Waals surface area contributed by atoms with Crippen molar-refractivity contribution in [3.05, 3.63) is 23.8 Å². The lowest BCUT2D eigenvalue weighted by Gasteiger charge is -2.23. The van der Waals surface area contributed by atoms with Gasteiger partial charge in [-0.2, -0.15) is 0 Å². The Morgan fingerprint density at radius 2 is 2.33 bits per heavy atom. The average Bonchev–Trinajstić information content (AvgIpc) is 2.42. The lowest BCUT2D eigenvalue weighted by atomic mass is 9.99. The van der Waals surface area contributed by atoms with E-state index in [1.807, 2.05) is 12.1 Å². The Morgan fingerprint density at radius 3 is 3.11 bits per heavy atom. The summed E-state index contributed by atoms with van der Waals surface area (Å²) in [6.07, 6.45) is 4.98. The molecule has 1 unspecified atom stereocenters. The molecule has 0 aromatic heterocycles. The van der Waals surface area contributed by atoms with Crippen molar-refractivity contribution >= 4 is 27.9 Å². The Labute approximate surface area is 116 Å². The van der Waals surface area contributed by atoms with Gasteiger partial charge in [0, 0.05) is 17.1 Å². The summed E-state index contributed by atoms with van der Waals surface area (Å²) in [7, 11) is 0. The molecule has 0 spiro atoms. The van der Waals surface area contributed by atoms with E-state index in [2.05, 4.69) is 27.3 Å². The lowest BCUT2D eigenvalue weighted by molar-refractivity contribution is -0.108. The van der Waals surface area contributed by atoms with Crippen LogP contribution in [0.1, 0.15) is 24.8 Å². The summed E-state index contributed by atoms with van der Waals surface area (Å²) in [5, 5.41) is 4.25. The molecule has 0 saturated carbocycles. The molecule has 2 rings (SSSR count). The number of aldehydes is 1. The van der Waals surface area contributed by atoms with Gasteiger partial charge in [0.25, 0.3) is 0 Å². The molecule has 0 saturated heterocycles. The quantitative estimate of drug-likeness (QED) is 0.498. The second-order valence-electron chi connectivity index (χ2n) is 4.49. The van der Waals surface area contributed by atoms with Crippen LogP contribution < -0.4 is 10.1 Å². The van der Waals surface area contributed by atoms with Crippen LogP contribution >= 0.6 is 15.9 Å². The van der Waals surface area contributed by atoms with E-state index < -0.39 is 0 Å². The zero-order chi connectivity index (χ0) is 12.8. The summed E-state index contributed by atoms with van der Waals surface area (Å²) < 4.78 is 5.69. The van der Waals surface area contributed by atoms with E-state index in [0.29, 0.717) is 0 Å². The first-order chi connectivity index (χ1) is 8.83. The minimum Gasteiger partial charge on any atom is -0.494 e. The van der Waals surface area contributed by atoms with Crippen LogP contribution in [0.2, 0.25) is 0 Å². The maximum Gasteiger partial charge on any atom is 0.142 e. The second-order valence-corrected chi connectivity index (χ2v) is 5.28. The highest BCUT2D eigenvalue weighted by atomic mass is 79.9. The Balaban J connectivity index is 1.95. The van der Waals surface area contributed by atoms with E-state index in [-0.39, 0.29) is 6.04 Å². The highest BCUT2D eigenvalue weighted by Crippen LogP contribution is 2.28. The van der Waals surface area contributed by atoms with E-state index >= 15 is 0 Å². The molecule has 18 heavy (non-hydrogen) atoms. The largest absolute Gasteiger partial charge is 0.494 e. The summed E-state index contributed by atoms with van der Waals surface area (Å²) >= 11 is 3.40. The molecule has 0 bridgehead atoms. The third-order valence-electron chi connectivity index (χ3n) is 3.11. The number of hydrogen-bond donors (Lipinski definition) is 1. The molecule has 0 fully saturated rings. The normalized spacial score (nSPS) is 17.7. The molecule has 1 aliphatic rings. The van der Waals surface area contributed by atoms with Gasteiger partial charge in [0.15, 0.2) is 0 Å². The number of alkyl halides is 1. The molecule has 1 N–H and O–H groups in total. The second kappa shape index (κ2) is 6.78. The zero-order valence-corrected chi connectivity index (χ0v) is 11.9. The van der Waals surface area contributed by atoms with Gasteiger partial charge in [-0.15, -0.1) is 0 Å². The van der Waals surface area contributed by atoms with E-state index in [1.54, 1.807) is 0 Å². The Kier molecular flexibility index (Phi) is 5.05. The van der Waals surface area contributed by atoms with Gasteiger partial charge in [-0.25, -0.2) is 0 Å². The van der Waals surface area contributed by atoms with Crippen LogP contribution in [-0.2, 0) is 11.2 Å². The van der Waals surface area contributed by atoms with Crippen LogP contribution in [0.4, 0.5) is 5.69 Å². The number of carbonyl (C=O) groups is 1. The number of aryl methyl sites for hydroxylation is 1. The monoisotopic (exact) mass is 311 g/mol. The van der Waals surface area contributed by atoms with Crippen molar-refractivity contribution in [3.63, 3.8) is 0 Å². The molecule has 0 aliphatic carbocycles. The van der Waals surface area contributed by atoms with Crippen molar-refractivity contribution in [1.29, 1.82) is 0 Å². The smallest absolute Gasteiger partial charge is 0.142 e. The number of hydrogen-bond acceptors (Lipinski definition) is 3. The first kappa shape index (κ1) is 13.4. The Morgan fingerprint density at radius 1 is 1.44 bits per heavy atom. The summed E-state index contributed by atoms with van der Waals surface area (Å²) in [5.74, 6) is 0.877. The van der Waals surface area contributed by atoms with Crippen molar-refractivity contribution < 1.29 is 9.53 Å². The van der Waals surface area contributed by atoms with E-state index in [4.69, 9.17) is 4.74 Å². The first-order valence-electron chi connectivity index (χ1n) is 6.37. The van der Waals surface area contributed by atoms with Crippen LogP contribution in [0.5, 0.6) is 5.75 Å². The van der Waals surface area contributed by atoms with E-state index in [0.717, 1.165) is 55.3 Å². The van der Waals surface area contributed by atoms with Crippen molar-refractivity contribution in [3.8, 4) is 5.75 Å². The lowest BCUT2D eigenvalue weighted by Crippen LogP contribution is -2.26. The average molecular weight is 312 g/mol. The fraction of sp³-hybridized carbons (Fsp3) is 0.500. The van der Waals surface area contributed by atoms with Gasteiger partial charge in [0.2, 0.25) is 0 Å². The van der Waals surface area contributed by atoms with Gasteiger partial charge in [0.05, 0.1) is 12.6 Å². The number of rotatable bonds is 6. The molecule has 0 amide bonds. The minimum atomic E-state index is -0.0545. The van der Waals surface area contributed by atoms with Gasteiger partial charge >= 0.3 is 0 Å². The summed E-state index contributed by atoms with van der Waals surface area (Å²) in [5.41, 5.74) is 2.30. The van der Waals surface area contributed by atoms with E-state index in [1.165, 1.54) is 5.56 Å². The van der Waals surface area contributed by atoms with Gasteiger partial charge in [0.1, 0.15) is 12.0 Å². The number of ether oxygens (including phenoxy) is 1. The molecule has 98 valence electrons. The number of unbranched alkanes of at least 4 members (excludes halogenated alkanes) is 1. The molecular weight excluding hydrogens is 294 g/mol. The molecule has 1 aliphatic heterocycles. The topological polar surface area (TPSA) is 38.3 Å². The number of halogens is 1. The summed E-state index contributed by atoms with van der Waals surface area (Å²) in [6, 6.07) is 6.04. The molecular formula is C14H18BrNO2. The number of fused-ring (bicyclic) bond motifs is 1. The number of benzene rings is 1. The Bertz CT molecular complexity index is 409. The molecule has 0 radical (unpaired) electrons. The fourth-order valence-corrected chi connectivity index (χ4v) is 2.47.